The lowest BCUT2D eigenvalue weighted by Gasteiger charge is -2.07. The van der Waals surface area contributed by atoms with Crippen molar-refractivity contribution in [3.05, 3.63) is 63.6 Å². The van der Waals surface area contributed by atoms with Crippen LogP contribution in [0, 0.1) is 0 Å². The third-order valence-electron chi connectivity index (χ3n) is 3.38. The first-order chi connectivity index (χ1) is 13.3. The number of carbonyl (C=O) groups is 1. The number of nitrogens with zero attached hydrogens (tertiary/aromatic N) is 2. The van der Waals surface area contributed by atoms with E-state index in [-0.39, 0.29) is 32.4 Å². The average Bonchev–Trinajstić information content (AvgIpc) is 3.07. The minimum atomic E-state index is -3.54. The number of anilines is 1. The van der Waals surface area contributed by atoms with Crippen LogP contribution in [0.5, 0.6) is 5.75 Å². The summed E-state index contributed by atoms with van der Waals surface area (Å²) in [6.07, 6.45) is 0. The van der Waals surface area contributed by atoms with Crippen LogP contribution in [0.1, 0.15) is 5.01 Å². The Bertz CT molecular complexity index is 1090. The van der Waals surface area contributed by atoms with E-state index in [1.807, 2.05) is 0 Å². The molecule has 11 heteroatoms. The lowest BCUT2D eigenvalue weighted by molar-refractivity contribution is -0.118. The number of hydrogen-bond donors (Lipinski definition) is 1. The van der Waals surface area contributed by atoms with Gasteiger partial charge in [0.15, 0.2) is 16.4 Å². The predicted octanol–water partition coefficient (Wildman–Crippen LogP) is 3.84. The van der Waals surface area contributed by atoms with Crippen molar-refractivity contribution in [2.24, 2.45) is 0 Å². The molecule has 0 unspecified atom stereocenters. The molecule has 2 aromatic carbocycles. The van der Waals surface area contributed by atoms with Gasteiger partial charge in [-0.05, 0) is 30.3 Å². The van der Waals surface area contributed by atoms with Gasteiger partial charge in [-0.3, -0.25) is 10.1 Å². The van der Waals surface area contributed by atoms with Crippen LogP contribution in [0.15, 0.2) is 53.4 Å². The second-order valence-electron chi connectivity index (χ2n) is 5.48. The summed E-state index contributed by atoms with van der Waals surface area (Å²) >= 11 is 12.7. The minimum absolute atomic E-state index is 0.175. The Morgan fingerprint density at radius 3 is 2.57 bits per heavy atom. The second-order valence-corrected chi connectivity index (χ2v) is 9.38. The van der Waals surface area contributed by atoms with Crippen molar-refractivity contribution in [2.75, 3.05) is 11.9 Å². The van der Waals surface area contributed by atoms with Crippen molar-refractivity contribution in [1.29, 1.82) is 0 Å². The molecule has 28 heavy (non-hydrogen) atoms. The highest BCUT2D eigenvalue weighted by atomic mass is 35.5. The van der Waals surface area contributed by atoms with E-state index in [0.29, 0.717) is 10.8 Å². The van der Waals surface area contributed by atoms with E-state index in [0.717, 1.165) is 11.3 Å². The Balaban J connectivity index is 1.57. The topological polar surface area (TPSA) is 98.2 Å². The maximum atomic E-state index is 12.4. The van der Waals surface area contributed by atoms with Crippen molar-refractivity contribution >= 4 is 55.4 Å². The van der Waals surface area contributed by atoms with Gasteiger partial charge in [0.1, 0.15) is 16.5 Å². The second kappa shape index (κ2) is 8.87. The molecule has 0 aliphatic rings. The molecule has 0 radical (unpaired) electrons. The average molecular weight is 458 g/mol. The number of aromatic nitrogens is 2. The summed E-state index contributed by atoms with van der Waals surface area (Å²) in [5.41, 5.74) is 0. The predicted molar refractivity (Wildman–Crippen MR) is 108 cm³/mol. The SMILES string of the molecule is O=C(COc1ccc(Cl)cc1Cl)Nc1nnc(CS(=O)(=O)c2ccccc2)s1. The van der Waals surface area contributed by atoms with Crippen molar-refractivity contribution < 1.29 is 17.9 Å². The molecular weight excluding hydrogens is 445 g/mol. The molecule has 0 saturated heterocycles. The largest absolute Gasteiger partial charge is 0.482 e. The lowest BCUT2D eigenvalue weighted by atomic mass is 10.3. The first-order valence-corrected chi connectivity index (χ1v) is 11.0. The normalized spacial score (nSPS) is 11.2. The molecule has 1 aromatic heterocycles. The van der Waals surface area contributed by atoms with E-state index >= 15 is 0 Å². The molecule has 0 atom stereocenters. The zero-order valence-electron chi connectivity index (χ0n) is 14.1. The summed E-state index contributed by atoms with van der Waals surface area (Å²) < 4.78 is 30.0. The fourth-order valence-electron chi connectivity index (χ4n) is 2.13. The van der Waals surface area contributed by atoms with Gasteiger partial charge in [-0.1, -0.05) is 52.7 Å². The molecule has 0 saturated carbocycles. The molecule has 0 aliphatic carbocycles. The molecule has 1 heterocycles. The molecule has 3 rings (SSSR count). The molecule has 0 aliphatic heterocycles. The van der Waals surface area contributed by atoms with Gasteiger partial charge in [0, 0.05) is 5.02 Å². The van der Waals surface area contributed by atoms with Crippen LogP contribution < -0.4 is 10.1 Å². The zero-order chi connectivity index (χ0) is 20.1. The molecule has 3 aromatic rings. The molecular formula is C17H13Cl2N3O4S2. The van der Waals surface area contributed by atoms with Crippen LogP contribution in [0.3, 0.4) is 0 Å². The first-order valence-electron chi connectivity index (χ1n) is 7.81. The van der Waals surface area contributed by atoms with Gasteiger partial charge in [0.2, 0.25) is 5.13 Å². The highest BCUT2D eigenvalue weighted by Crippen LogP contribution is 2.27. The maximum absolute atomic E-state index is 12.4. The van der Waals surface area contributed by atoms with E-state index in [9.17, 15) is 13.2 Å². The van der Waals surface area contributed by atoms with Gasteiger partial charge in [-0.25, -0.2) is 8.42 Å². The third-order valence-corrected chi connectivity index (χ3v) is 6.58. The summed E-state index contributed by atoms with van der Waals surface area (Å²) in [5, 5.41) is 11.3. The summed E-state index contributed by atoms with van der Waals surface area (Å²) in [4.78, 5) is 12.2. The molecule has 0 fully saturated rings. The van der Waals surface area contributed by atoms with Crippen LogP contribution in [0.2, 0.25) is 10.0 Å². The monoisotopic (exact) mass is 457 g/mol. The Morgan fingerprint density at radius 1 is 1.11 bits per heavy atom. The Kier molecular flexibility index (Phi) is 6.50. The van der Waals surface area contributed by atoms with Gasteiger partial charge < -0.3 is 4.74 Å². The number of hydrogen-bond acceptors (Lipinski definition) is 7. The number of amides is 1. The van der Waals surface area contributed by atoms with Crippen LogP contribution in [-0.2, 0) is 20.4 Å². The van der Waals surface area contributed by atoms with Crippen LogP contribution in [0.4, 0.5) is 5.13 Å². The summed E-state index contributed by atoms with van der Waals surface area (Å²) in [7, 11) is -3.54. The van der Waals surface area contributed by atoms with E-state index in [1.165, 1.54) is 18.2 Å². The number of nitrogens with one attached hydrogen (secondary N) is 1. The molecule has 7 nitrogen and oxygen atoms in total. The maximum Gasteiger partial charge on any atom is 0.264 e. The van der Waals surface area contributed by atoms with E-state index < -0.39 is 15.7 Å². The van der Waals surface area contributed by atoms with E-state index in [2.05, 4.69) is 15.5 Å². The fourth-order valence-corrected chi connectivity index (χ4v) is 4.96. The number of sulfone groups is 1. The van der Waals surface area contributed by atoms with Crippen molar-refractivity contribution in [1.82, 2.24) is 10.2 Å². The fraction of sp³-hybridized carbons (Fsp3) is 0.118. The van der Waals surface area contributed by atoms with Gasteiger partial charge in [-0.15, -0.1) is 10.2 Å². The first kappa shape index (κ1) is 20.5. The summed E-state index contributed by atoms with van der Waals surface area (Å²) in [6.45, 7) is -0.307. The van der Waals surface area contributed by atoms with Gasteiger partial charge >= 0.3 is 0 Å². The third kappa shape index (κ3) is 5.41. The quantitative estimate of drug-likeness (QED) is 0.578. The highest BCUT2D eigenvalue weighted by molar-refractivity contribution is 7.90. The van der Waals surface area contributed by atoms with Crippen molar-refractivity contribution in [3.63, 3.8) is 0 Å². The van der Waals surface area contributed by atoms with Crippen LogP contribution in [0.25, 0.3) is 0 Å². The molecule has 0 spiro atoms. The summed E-state index contributed by atoms with van der Waals surface area (Å²) in [5.74, 6) is -0.478. The van der Waals surface area contributed by atoms with Gasteiger partial charge in [-0.2, -0.15) is 0 Å². The Labute approximate surface area is 175 Å². The minimum Gasteiger partial charge on any atom is -0.482 e. The lowest BCUT2D eigenvalue weighted by Crippen LogP contribution is -2.20. The zero-order valence-corrected chi connectivity index (χ0v) is 17.3. The van der Waals surface area contributed by atoms with Gasteiger partial charge in [0.05, 0.1) is 9.92 Å². The molecule has 1 N–H and O–H groups in total. The standard InChI is InChI=1S/C17H13Cl2N3O4S2/c18-11-6-7-14(13(19)8-11)26-9-15(23)20-17-22-21-16(27-17)10-28(24,25)12-4-2-1-3-5-12/h1-8H,9-10H2,(H,20,22,23). The molecule has 1 amide bonds. The van der Waals surface area contributed by atoms with Crippen molar-refractivity contribution in [2.45, 2.75) is 10.6 Å². The molecule has 0 bridgehead atoms. The van der Waals surface area contributed by atoms with E-state index in [1.54, 1.807) is 30.3 Å². The van der Waals surface area contributed by atoms with E-state index in [4.69, 9.17) is 27.9 Å². The number of halogens is 2. The van der Waals surface area contributed by atoms with Gasteiger partial charge in [0.25, 0.3) is 5.91 Å². The van der Waals surface area contributed by atoms with Crippen LogP contribution in [-0.4, -0.2) is 31.1 Å². The Morgan fingerprint density at radius 2 is 1.86 bits per heavy atom. The number of rotatable bonds is 7. The number of carbonyl (C=O) groups excluding carboxylic acids is 1. The smallest absolute Gasteiger partial charge is 0.264 e. The van der Waals surface area contributed by atoms with Crippen LogP contribution >= 0.6 is 34.5 Å². The number of ether oxygens (including phenoxy) is 1. The van der Waals surface area contributed by atoms with Crippen molar-refractivity contribution in [3.8, 4) is 5.75 Å². The molecule has 146 valence electrons. The number of benzene rings is 2. The Hall–Kier alpha value is -2.20. The summed E-state index contributed by atoms with van der Waals surface area (Å²) in [6, 6.07) is 12.7. The highest BCUT2D eigenvalue weighted by Gasteiger charge is 2.18.